The van der Waals surface area contributed by atoms with E-state index in [0.717, 1.165) is 0 Å². The van der Waals surface area contributed by atoms with E-state index in [1.807, 2.05) is 0 Å². The largest absolute Gasteiger partial charge is 0.508 e. The van der Waals surface area contributed by atoms with Crippen LogP contribution in [0.3, 0.4) is 0 Å². The van der Waals surface area contributed by atoms with Crippen molar-refractivity contribution in [3.05, 3.63) is 76.3 Å². The average molecular weight is 404 g/mol. The molecule has 3 aromatic carbocycles. The number of ether oxygens (including phenoxy) is 2. The van der Waals surface area contributed by atoms with E-state index in [1.54, 1.807) is 18.2 Å². The van der Waals surface area contributed by atoms with Gasteiger partial charge in [-0.15, -0.1) is 0 Å². The maximum Gasteiger partial charge on any atom is 0.342 e. The molecule has 2 aliphatic heterocycles. The first-order chi connectivity index (χ1) is 14.4. The fourth-order valence-electron chi connectivity index (χ4n) is 4.17. The zero-order chi connectivity index (χ0) is 21.2. The molecule has 0 fully saturated rings. The summed E-state index contributed by atoms with van der Waals surface area (Å²) in [4.78, 5) is 25.1. The van der Waals surface area contributed by atoms with Crippen LogP contribution in [0, 0.1) is 0 Å². The van der Waals surface area contributed by atoms with E-state index in [0.29, 0.717) is 16.7 Å². The van der Waals surface area contributed by atoms with Gasteiger partial charge >= 0.3 is 5.97 Å². The van der Waals surface area contributed by atoms with Gasteiger partial charge in [-0.2, -0.15) is 0 Å². The van der Waals surface area contributed by atoms with Gasteiger partial charge in [-0.05, 0) is 30.3 Å². The molecule has 0 saturated heterocycles. The topological polar surface area (TPSA) is 145 Å². The fourth-order valence-corrected chi connectivity index (χ4v) is 4.17. The van der Waals surface area contributed by atoms with Gasteiger partial charge in [-0.25, -0.2) is 4.79 Å². The van der Waals surface area contributed by atoms with Gasteiger partial charge in [-0.3, -0.25) is 4.79 Å². The predicted molar refractivity (Wildman–Crippen MR) is 106 cm³/mol. The summed E-state index contributed by atoms with van der Waals surface area (Å²) in [5, 5.41) is 19.9. The maximum atomic E-state index is 13.0. The zero-order valence-corrected chi connectivity index (χ0v) is 15.5. The molecule has 0 unspecified atom stereocenters. The number of anilines is 1. The third-order valence-corrected chi connectivity index (χ3v) is 5.47. The van der Waals surface area contributed by atoms with E-state index in [2.05, 4.69) is 0 Å². The Kier molecular flexibility index (Phi) is 3.59. The quantitative estimate of drug-likeness (QED) is 0.289. The standard InChI is InChI=1S/C22H16N2O6/c23-9-16(27)12-3-6-15-19(20(12)24)21(28)30-22(15)13-4-1-10(25)7-17(13)29-18-8-11(26)2-5-14(18)22/h1-8,25-26H,9,23-24H2. The minimum Gasteiger partial charge on any atom is -0.508 e. The maximum absolute atomic E-state index is 13.0. The second-order valence-electron chi connectivity index (χ2n) is 7.11. The number of esters is 1. The fraction of sp³-hybridized carbons (Fsp3) is 0.0909. The van der Waals surface area contributed by atoms with Gasteiger partial charge in [0.2, 0.25) is 0 Å². The average Bonchev–Trinajstić information content (AvgIpc) is 3.01. The summed E-state index contributed by atoms with van der Waals surface area (Å²) in [6.45, 7) is -0.249. The smallest absolute Gasteiger partial charge is 0.342 e. The Labute approximate surface area is 170 Å². The van der Waals surface area contributed by atoms with Crippen molar-refractivity contribution in [1.82, 2.24) is 0 Å². The number of benzene rings is 3. The van der Waals surface area contributed by atoms with Gasteiger partial charge in [-0.1, -0.05) is 6.07 Å². The van der Waals surface area contributed by atoms with E-state index in [9.17, 15) is 19.8 Å². The number of Topliss-reactive ketones (excluding diaryl/α,β-unsaturated/α-hetero) is 1. The lowest BCUT2D eigenvalue weighted by Crippen LogP contribution is -2.33. The van der Waals surface area contributed by atoms with E-state index in [4.69, 9.17) is 20.9 Å². The number of carbonyl (C=O) groups is 2. The van der Waals surface area contributed by atoms with Crippen LogP contribution in [-0.4, -0.2) is 28.5 Å². The summed E-state index contributed by atoms with van der Waals surface area (Å²) in [5.41, 5.74) is 11.8. The third-order valence-electron chi connectivity index (χ3n) is 5.47. The lowest BCUT2D eigenvalue weighted by atomic mass is 9.77. The molecule has 2 heterocycles. The molecule has 2 aliphatic rings. The Hall–Kier alpha value is -4.04. The third kappa shape index (κ3) is 2.19. The van der Waals surface area contributed by atoms with Crippen molar-refractivity contribution in [3.63, 3.8) is 0 Å². The molecular formula is C22H16N2O6. The van der Waals surface area contributed by atoms with Crippen molar-refractivity contribution in [2.45, 2.75) is 5.60 Å². The highest BCUT2D eigenvalue weighted by atomic mass is 16.6. The number of phenolic OH excluding ortho intramolecular Hbond substituents is 2. The van der Waals surface area contributed by atoms with Crippen LogP contribution in [0.5, 0.6) is 23.0 Å². The molecule has 0 bridgehead atoms. The monoisotopic (exact) mass is 404 g/mol. The van der Waals surface area contributed by atoms with Crippen molar-refractivity contribution in [2.75, 3.05) is 12.3 Å². The highest BCUT2D eigenvalue weighted by Crippen LogP contribution is 2.57. The minimum absolute atomic E-state index is 0.00280. The molecule has 8 nitrogen and oxygen atoms in total. The number of carbonyl (C=O) groups excluding carboxylic acids is 2. The molecule has 0 aliphatic carbocycles. The molecule has 3 aromatic rings. The molecule has 6 N–H and O–H groups in total. The molecule has 0 aromatic heterocycles. The Balaban J connectivity index is 1.87. The van der Waals surface area contributed by atoms with Crippen molar-refractivity contribution >= 4 is 17.4 Å². The SMILES string of the molecule is NCC(=O)c1ccc2c(c1N)C(=O)OC21c2ccc(O)cc2Oc2cc(O)ccc21. The minimum atomic E-state index is -1.42. The summed E-state index contributed by atoms with van der Waals surface area (Å²) >= 11 is 0. The Morgan fingerprint density at radius 2 is 1.50 bits per heavy atom. The number of rotatable bonds is 2. The summed E-state index contributed by atoms with van der Waals surface area (Å²) in [6.07, 6.45) is 0. The number of hydrogen-bond acceptors (Lipinski definition) is 8. The van der Waals surface area contributed by atoms with E-state index in [-0.39, 0.29) is 46.4 Å². The molecule has 8 heteroatoms. The highest BCUT2D eigenvalue weighted by Gasteiger charge is 2.54. The van der Waals surface area contributed by atoms with E-state index >= 15 is 0 Å². The van der Waals surface area contributed by atoms with E-state index < -0.39 is 17.4 Å². The van der Waals surface area contributed by atoms with E-state index in [1.165, 1.54) is 30.3 Å². The van der Waals surface area contributed by atoms with Gasteiger partial charge < -0.3 is 31.2 Å². The molecule has 5 rings (SSSR count). The lowest BCUT2D eigenvalue weighted by Gasteiger charge is -2.36. The number of nitrogen functional groups attached to an aromatic ring is 1. The first kappa shape index (κ1) is 18.0. The number of phenols is 2. The number of aromatic hydroxyl groups is 2. The molecule has 30 heavy (non-hydrogen) atoms. The zero-order valence-electron chi connectivity index (χ0n) is 15.5. The van der Waals surface area contributed by atoms with Crippen LogP contribution in [0.15, 0.2) is 48.5 Å². The first-order valence-electron chi connectivity index (χ1n) is 9.11. The van der Waals surface area contributed by atoms with Gasteiger partial charge in [0.25, 0.3) is 0 Å². The van der Waals surface area contributed by atoms with Crippen LogP contribution in [0.1, 0.15) is 37.4 Å². The van der Waals surface area contributed by atoms with Crippen molar-refractivity contribution < 1.29 is 29.3 Å². The van der Waals surface area contributed by atoms with Gasteiger partial charge in [0.1, 0.15) is 23.0 Å². The van der Waals surface area contributed by atoms with Crippen molar-refractivity contribution in [3.8, 4) is 23.0 Å². The summed E-state index contributed by atoms with van der Waals surface area (Å²) < 4.78 is 11.8. The highest BCUT2D eigenvalue weighted by molar-refractivity contribution is 6.10. The molecule has 1 spiro atoms. The predicted octanol–water partition coefficient (Wildman–Crippen LogP) is 2.39. The Bertz CT molecular complexity index is 1220. The first-order valence-corrected chi connectivity index (χ1v) is 9.11. The van der Waals surface area contributed by atoms with Gasteiger partial charge in [0, 0.05) is 34.4 Å². The van der Waals surface area contributed by atoms with Crippen LogP contribution in [0.2, 0.25) is 0 Å². The van der Waals surface area contributed by atoms with Crippen LogP contribution in [-0.2, 0) is 10.3 Å². The Morgan fingerprint density at radius 3 is 2.07 bits per heavy atom. The van der Waals surface area contributed by atoms with Crippen molar-refractivity contribution in [2.24, 2.45) is 5.73 Å². The normalized spacial score (nSPS) is 15.0. The number of ketones is 1. The summed E-state index contributed by atoms with van der Waals surface area (Å²) in [7, 11) is 0. The second-order valence-corrected chi connectivity index (χ2v) is 7.11. The van der Waals surface area contributed by atoms with Crippen LogP contribution < -0.4 is 16.2 Å². The van der Waals surface area contributed by atoms with Crippen LogP contribution in [0.25, 0.3) is 0 Å². The molecular weight excluding hydrogens is 388 g/mol. The number of fused-ring (bicyclic) bond motifs is 6. The van der Waals surface area contributed by atoms with Crippen molar-refractivity contribution in [1.29, 1.82) is 0 Å². The number of hydrogen-bond donors (Lipinski definition) is 4. The van der Waals surface area contributed by atoms with Gasteiger partial charge in [0.15, 0.2) is 11.4 Å². The van der Waals surface area contributed by atoms with Crippen LogP contribution in [0.4, 0.5) is 5.69 Å². The molecule has 0 amide bonds. The Morgan fingerprint density at radius 1 is 0.933 bits per heavy atom. The molecule has 150 valence electrons. The molecule has 0 atom stereocenters. The molecule has 0 radical (unpaired) electrons. The van der Waals surface area contributed by atoms with Crippen LogP contribution >= 0.6 is 0 Å². The lowest BCUT2D eigenvalue weighted by molar-refractivity contribution is 0.0224. The summed E-state index contributed by atoms with van der Waals surface area (Å²) in [6, 6.07) is 12.0. The number of nitrogens with two attached hydrogens (primary N) is 2. The van der Waals surface area contributed by atoms with Gasteiger partial charge in [0.05, 0.1) is 17.8 Å². The molecule has 0 saturated carbocycles. The second kappa shape index (κ2) is 5.98. The summed E-state index contributed by atoms with van der Waals surface area (Å²) in [5.74, 6) is -0.662.